The molecule has 3 aromatic rings. The molecule has 0 saturated carbocycles. The lowest BCUT2D eigenvalue weighted by atomic mass is 10.1. The number of hydrogen-bond acceptors (Lipinski definition) is 3. The van der Waals surface area contributed by atoms with E-state index >= 15 is 0 Å². The molecule has 6 heteroatoms. The summed E-state index contributed by atoms with van der Waals surface area (Å²) in [6, 6.07) is 17.9. The molecule has 1 N–H and O–H groups in total. The molecular formula is C19H18BrN3OS. The third-order valence-electron chi connectivity index (χ3n) is 3.64. The van der Waals surface area contributed by atoms with Gasteiger partial charge in [-0.1, -0.05) is 30.3 Å². The number of carbonyl (C=O) groups is 1. The van der Waals surface area contributed by atoms with Crippen LogP contribution in [0.15, 0.2) is 76.4 Å². The van der Waals surface area contributed by atoms with Crippen LogP contribution in [0.3, 0.4) is 0 Å². The molecule has 0 bridgehead atoms. The Bertz CT molecular complexity index is 836. The smallest absolute Gasteiger partial charge is 0.221 e. The number of rotatable bonds is 7. The zero-order valence-corrected chi connectivity index (χ0v) is 16.0. The summed E-state index contributed by atoms with van der Waals surface area (Å²) in [6.45, 7) is 0.495. The van der Waals surface area contributed by atoms with E-state index in [4.69, 9.17) is 0 Å². The molecule has 0 saturated heterocycles. The van der Waals surface area contributed by atoms with Crippen LogP contribution in [0.5, 0.6) is 0 Å². The summed E-state index contributed by atoms with van der Waals surface area (Å²) in [5.74, 6) is 0.796. The first kappa shape index (κ1) is 17.8. The maximum atomic E-state index is 12.1. The zero-order chi connectivity index (χ0) is 17.5. The Morgan fingerprint density at radius 1 is 1.12 bits per heavy atom. The van der Waals surface area contributed by atoms with Gasteiger partial charge in [-0.05, 0) is 45.8 Å². The van der Waals surface area contributed by atoms with E-state index in [1.807, 2.05) is 65.5 Å². The van der Waals surface area contributed by atoms with Gasteiger partial charge in [-0.25, -0.2) is 4.68 Å². The number of nitrogens with one attached hydrogen (secondary N) is 1. The summed E-state index contributed by atoms with van der Waals surface area (Å²) in [4.78, 5) is 13.3. The van der Waals surface area contributed by atoms with Crippen molar-refractivity contribution < 1.29 is 4.79 Å². The third-order valence-corrected chi connectivity index (χ3v) is 5.67. The molecule has 1 heterocycles. The lowest BCUT2D eigenvalue weighted by Crippen LogP contribution is -2.23. The maximum absolute atomic E-state index is 12.1. The number of benzene rings is 2. The van der Waals surface area contributed by atoms with Crippen LogP contribution < -0.4 is 5.32 Å². The highest BCUT2D eigenvalue weighted by atomic mass is 79.9. The predicted octanol–water partition coefficient (Wildman–Crippen LogP) is 4.43. The number of nitrogens with zero attached hydrogens (tertiary/aromatic N) is 2. The number of para-hydroxylation sites is 1. The van der Waals surface area contributed by atoms with Crippen LogP contribution in [-0.4, -0.2) is 21.4 Å². The minimum atomic E-state index is 0.0508. The second-order valence-electron chi connectivity index (χ2n) is 5.38. The van der Waals surface area contributed by atoms with Gasteiger partial charge in [0.15, 0.2) is 0 Å². The highest BCUT2D eigenvalue weighted by molar-refractivity contribution is 9.10. The van der Waals surface area contributed by atoms with Gasteiger partial charge in [0.2, 0.25) is 5.91 Å². The summed E-state index contributed by atoms with van der Waals surface area (Å²) in [7, 11) is 0. The minimum Gasteiger partial charge on any atom is -0.352 e. The monoisotopic (exact) mass is 415 g/mol. The zero-order valence-electron chi connectivity index (χ0n) is 13.6. The molecule has 0 aliphatic rings. The number of amides is 1. The van der Waals surface area contributed by atoms with Gasteiger partial charge in [-0.3, -0.25) is 4.79 Å². The first-order chi connectivity index (χ1) is 12.2. The van der Waals surface area contributed by atoms with Crippen molar-refractivity contribution in [3.8, 4) is 5.69 Å². The van der Waals surface area contributed by atoms with Crippen LogP contribution in [0.2, 0.25) is 0 Å². The van der Waals surface area contributed by atoms with Crippen molar-refractivity contribution in [3.05, 3.63) is 77.0 Å². The van der Waals surface area contributed by atoms with Gasteiger partial charge in [0.1, 0.15) is 0 Å². The van der Waals surface area contributed by atoms with Crippen LogP contribution in [0.4, 0.5) is 0 Å². The van der Waals surface area contributed by atoms with Crippen molar-refractivity contribution in [2.75, 3.05) is 5.75 Å². The first-order valence-electron chi connectivity index (χ1n) is 7.96. The van der Waals surface area contributed by atoms with Gasteiger partial charge in [0, 0.05) is 40.5 Å². The average molecular weight is 416 g/mol. The van der Waals surface area contributed by atoms with Gasteiger partial charge in [0.25, 0.3) is 0 Å². The van der Waals surface area contributed by atoms with Crippen molar-refractivity contribution in [3.63, 3.8) is 0 Å². The lowest BCUT2D eigenvalue weighted by molar-refractivity contribution is -0.120. The molecule has 2 aromatic carbocycles. The van der Waals surface area contributed by atoms with Crippen molar-refractivity contribution >= 4 is 33.6 Å². The Kier molecular flexibility index (Phi) is 6.30. The Hall–Kier alpha value is -2.05. The molecule has 0 aliphatic heterocycles. The molecule has 25 heavy (non-hydrogen) atoms. The Morgan fingerprint density at radius 3 is 2.72 bits per heavy atom. The molecule has 0 radical (unpaired) electrons. The van der Waals surface area contributed by atoms with Gasteiger partial charge < -0.3 is 5.32 Å². The molecular weight excluding hydrogens is 398 g/mol. The Balaban J connectivity index is 1.51. The van der Waals surface area contributed by atoms with E-state index in [2.05, 4.69) is 26.3 Å². The van der Waals surface area contributed by atoms with Gasteiger partial charge in [0.05, 0.1) is 5.69 Å². The van der Waals surface area contributed by atoms with Crippen molar-refractivity contribution in [1.29, 1.82) is 0 Å². The summed E-state index contributed by atoms with van der Waals surface area (Å²) in [5.41, 5.74) is 2.02. The molecule has 128 valence electrons. The van der Waals surface area contributed by atoms with E-state index in [9.17, 15) is 4.79 Å². The fraction of sp³-hybridized carbons (Fsp3) is 0.158. The lowest BCUT2D eigenvalue weighted by Gasteiger charge is -2.11. The fourth-order valence-electron chi connectivity index (χ4n) is 2.39. The summed E-state index contributed by atoms with van der Waals surface area (Å²) < 4.78 is 2.87. The number of hydrogen-bond donors (Lipinski definition) is 1. The van der Waals surface area contributed by atoms with Crippen molar-refractivity contribution in [1.82, 2.24) is 15.1 Å². The van der Waals surface area contributed by atoms with Gasteiger partial charge in [-0.15, -0.1) is 11.8 Å². The van der Waals surface area contributed by atoms with Crippen LogP contribution in [-0.2, 0) is 11.3 Å². The van der Waals surface area contributed by atoms with Crippen molar-refractivity contribution in [2.24, 2.45) is 0 Å². The minimum absolute atomic E-state index is 0.0508. The normalized spacial score (nSPS) is 10.6. The highest BCUT2D eigenvalue weighted by Crippen LogP contribution is 2.27. The average Bonchev–Trinajstić information content (AvgIpc) is 3.16. The molecule has 0 aliphatic carbocycles. The third kappa shape index (κ3) is 4.96. The van der Waals surface area contributed by atoms with Crippen LogP contribution in [0.25, 0.3) is 5.69 Å². The predicted molar refractivity (Wildman–Crippen MR) is 105 cm³/mol. The van der Waals surface area contributed by atoms with Crippen LogP contribution >= 0.6 is 27.7 Å². The van der Waals surface area contributed by atoms with Crippen LogP contribution in [0, 0.1) is 0 Å². The van der Waals surface area contributed by atoms with Gasteiger partial charge >= 0.3 is 0 Å². The number of aromatic nitrogens is 2. The molecule has 1 aromatic heterocycles. The Labute approximate surface area is 159 Å². The second-order valence-corrected chi connectivity index (χ2v) is 7.38. The van der Waals surface area contributed by atoms with E-state index in [0.717, 1.165) is 26.4 Å². The first-order valence-corrected chi connectivity index (χ1v) is 9.74. The van der Waals surface area contributed by atoms with Crippen LogP contribution in [0.1, 0.15) is 12.0 Å². The van der Waals surface area contributed by atoms with E-state index in [1.54, 1.807) is 18.0 Å². The quantitative estimate of drug-likeness (QED) is 0.580. The summed E-state index contributed by atoms with van der Waals surface area (Å²) in [6.07, 6.45) is 4.12. The largest absolute Gasteiger partial charge is 0.352 e. The molecule has 3 rings (SSSR count). The molecule has 0 unspecified atom stereocenters. The molecule has 0 fully saturated rings. The topological polar surface area (TPSA) is 46.9 Å². The second kappa shape index (κ2) is 8.87. The van der Waals surface area contributed by atoms with Gasteiger partial charge in [-0.2, -0.15) is 5.10 Å². The fourth-order valence-corrected chi connectivity index (χ4v) is 3.91. The number of thioether (sulfide) groups is 1. The summed E-state index contributed by atoms with van der Waals surface area (Å²) >= 11 is 5.20. The molecule has 4 nitrogen and oxygen atoms in total. The van der Waals surface area contributed by atoms with E-state index < -0.39 is 0 Å². The standard InChI is InChI=1S/C19H18BrN3OS/c20-16-7-2-4-9-18(16)25-13-10-19(24)21-14-15-6-1-3-8-17(15)23-12-5-11-22-23/h1-9,11-12H,10,13-14H2,(H,21,24). The SMILES string of the molecule is O=C(CCSc1ccccc1Br)NCc1ccccc1-n1cccn1. The molecule has 0 spiro atoms. The van der Waals surface area contributed by atoms with E-state index in [-0.39, 0.29) is 5.91 Å². The van der Waals surface area contributed by atoms with Crippen molar-refractivity contribution in [2.45, 2.75) is 17.9 Å². The summed E-state index contributed by atoms with van der Waals surface area (Å²) in [5, 5.41) is 7.26. The molecule has 0 atom stereocenters. The van der Waals surface area contributed by atoms with E-state index in [0.29, 0.717) is 13.0 Å². The molecule has 1 amide bonds. The maximum Gasteiger partial charge on any atom is 0.221 e. The van der Waals surface area contributed by atoms with E-state index in [1.165, 1.54) is 0 Å². The Morgan fingerprint density at radius 2 is 1.92 bits per heavy atom. The number of carbonyl (C=O) groups excluding carboxylic acids is 1. The number of halogens is 1. The highest BCUT2D eigenvalue weighted by Gasteiger charge is 2.07.